The molecule has 1 aromatic carbocycles. The summed E-state index contributed by atoms with van der Waals surface area (Å²) in [6.45, 7) is 0. The predicted octanol–water partition coefficient (Wildman–Crippen LogP) is 4.87. The Bertz CT molecular complexity index is 1190. The summed E-state index contributed by atoms with van der Waals surface area (Å²) in [7, 11) is 0. The van der Waals surface area contributed by atoms with Crippen molar-refractivity contribution in [3.05, 3.63) is 78.1 Å². The largest absolute Gasteiger partial charge is 0.325 e. The maximum absolute atomic E-state index is 12.4. The maximum atomic E-state index is 12.4. The zero-order valence-corrected chi connectivity index (χ0v) is 17.3. The number of anilines is 1. The van der Waals surface area contributed by atoms with Gasteiger partial charge in [-0.3, -0.25) is 14.8 Å². The van der Waals surface area contributed by atoms with Gasteiger partial charge in [-0.25, -0.2) is 4.98 Å². The number of thiophene rings is 1. The SMILES string of the molecule is N#Cc1c(-c2cccs2)cc(-c2cnccn2)nc1SCC(=O)Nc1ccccc1. The molecule has 0 atom stereocenters. The number of aromatic nitrogens is 3. The first-order valence-corrected chi connectivity index (χ1v) is 10.8. The van der Waals surface area contributed by atoms with E-state index in [-0.39, 0.29) is 11.7 Å². The molecule has 0 aliphatic carbocycles. The number of amides is 1. The summed E-state index contributed by atoms with van der Waals surface area (Å²) in [6, 6.07) is 17.2. The average molecular weight is 430 g/mol. The number of benzene rings is 1. The Balaban J connectivity index is 1.66. The van der Waals surface area contributed by atoms with Crippen LogP contribution in [0.3, 0.4) is 0 Å². The second-order valence-corrected chi connectivity index (χ2v) is 8.03. The van der Waals surface area contributed by atoms with E-state index < -0.39 is 0 Å². The second-order valence-electron chi connectivity index (χ2n) is 6.12. The van der Waals surface area contributed by atoms with Crippen molar-refractivity contribution in [3.8, 4) is 27.9 Å². The summed E-state index contributed by atoms with van der Waals surface area (Å²) in [4.78, 5) is 26.4. The molecule has 0 aliphatic rings. The van der Waals surface area contributed by atoms with Crippen molar-refractivity contribution >= 4 is 34.7 Å². The molecule has 4 rings (SSSR count). The first-order chi connectivity index (χ1) is 14.7. The van der Waals surface area contributed by atoms with E-state index in [1.807, 2.05) is 53.9 Å². The van der Waals surface area contributed by atoms with Gasteiger partial charge in [-0.1, -0.05) is 36.0 Å². The molecule has 30 heavy (non-hydrogen) atoms. The normalized spacial score (nSPS) is 10.4. The van der Waals surface area contributed by atoms with Gasteiger partial charge in [0.2, 0.25) is 5.91 Å². The summed E-state index contributed by atoms with van der Waals surface area (Å²) in [6.07, 6.45) is 4.82. The maximum Gasteiger partial charge on any atom is 0.234 e. The lowest BCUT2D eigenvalue weighted by Gasteiger charge is -2.11. The van der Waals surface area contributed by atoms with Crippen LogP contribution in [0.15, 0.2) is 77.5 Å². The molecule has 0 saturated heterocycles. The first-order valence-electron chi connectivity index (χ1n) is 8.97. The molecule has 0 saturated carbocycles. The van der Waals surface area contributed by atoms with Crippen molar-refractivity contribution < 1.29 is 4.79 Å². The lowest BCUT2D eigenvalue weighted by Crippen LogP contribution is -2.14. The van der Waals surface area contributed by atoms with E-state index in [0.717, 1.165) is 16.1 Å². The molecule has 3 aromatic heterocycles. The van der Waals surface area contributed by atoms with E-state index in [0.29, 0.717) is 22.0 Å². The summed E-state index contributed by atoms with van der Waals surface area (Å²) in [5, 5.41) is 15.1. The molecule has 4 aromatic rings. The van der Waals surface area contributed by atoms with Gasteiger partial charge in [-0.15, -0.1) is 11.3 Å². The Morgan fingerprint density at radius 1 is 1.13 bits per heavy atom. The van der Waals surface area contributed by atoms with Crippen molar-refractivity contribution in [3.63, 3.8) is 0 Å². The number of hydrogen-bond donors (Lipinski definition) is 1. The summed E-state index contributed by atoms with van der Waals surface area (Å²) < 4.78 is 0. The number of pyridine rings is 1. The number of nitrogens with zero attached hydrogens (tertiary/aromatic N) is 4. The van der Waals surface area contributed by atoms with Crippen LogP contribution in [0, 0.1) is 11.3 Å². The van der Waals surface area contributed by atoms with E-state index in [1.54, 1.807) is 29.9 Å². The third-order valence-electron chi connectivity index (χ3n) is 4.11. The molecule has 6 nitrogen and oxygen atoms in total. The Kier molecular flexibility index (Phi) is 6.13. The Labute approximate surface area is 181 Å². The first kappa shape index (κ1) is 19.8. The summed E-state index contributed by atoms with van der Waals surface area (Å²) in [5.41, 5.74) is 3.16. The monoisotopic (exact) mass is 429 g/mol. The van der Waals surface area contributed by atoms with Gasteiger partial charge in [-0.05, 0) is 29.6 Å². The van der Waals surface area contributed by atoms with Gasteiger partial charge in [0.25, 0.3) is 0 Å². The van der Waals surface area contributed by atoms with Crippen LogP contribution in [0.5, 0.6) is 0 Å². The van der Waals surface area contributed by atoms with Crippen LogP contribution in [0.25, 0.3) is 21.8 Å². The molecule has 0 fully saturated rings. The lowest BCUT2D eigenvalue weighted by molar-refractivity contribution is -0.113. The lowest BCUT2D eigenvalue weighted by atomic mass is 10.1. The predicted molar refractivity (Wildman–Crippen MR) is 119 cm³/mol. The van der Waals surface area contributed by atoms with E-state index in [4.69, 9.17) is 0 Å². The van der Waals surface area contributed by atoms with Crippen LogP contribution in [-0.4, -0.2) is 26.6 Å². The fourth-order valence-electron chi connectivity index (χ4n) is 2.78. The molecule has 8 heteroatoms. The molecule has 0 radical (unpaired) electrons. The molecule has 146 valence electrons. The fraction of sp³-hybridized carbons (Fsp3) is 0.0455. The second kappa shape index (κ2) is 9.31. The molecule has 0 aliphatic heterocycles. The smallest absolute Gasteiger partial charge is 0.234 e. The number of nitriles is 1. The minimum absolute atomic E-state index is 0.129. The van der Waals surface area contributed by atoms with E-state index in [2.05, 4.69) is 26.3 Å². The van der Waals surface area contributed by atoms with Crippen LogP contribution in [0.1, 0.15) is 5.56 Å². The number of nitrogens with one attached hydrogen (secondary N) is 1. The van der Waals surface area contributed by atoms with Gasteiger partial charge >= 0.3 is 0 Å². The van der Waals surface area contributed by atoms with E-state index in [1.165, 1.54) is 11.8 Å². The number of hydrogen-bond acceptors (Lipinski definition) is 7. The number of thioether (sulfide) groups is 1. The number of carbonyl (C=O) groups is 1. The summed E-state index contributed by atoms with van der Waals surface area (Å²) in [5.74, 6) is -0.0378. The van der Waals surface area contributed by atoms with Crippen LogP contribution in [0.2, 0.25) is 0 Å². The number of para-hydroxylation sites is 1. The van der Waals surface area contributed by atoms with Gasteiger partial charge in [0.15, 0.2) is 0 Å². The van der Waals surface area contributed by atoms with Crippen molar-refractivity contribution in [1.82, 2.24) is 15.0 Å². The van der Waals surface area contributed by atoms with Crippen molar-refractivity contribution in [1.29, 1.82) is 5.26 Å². The van der Waals surface area contributed by atoms with Gasteiger partial charge in [0.05, 0.1) is 23.2 Å². The Morgan fingerprint density at radius 3 is 2.70 bits per heavy atom. The highest BCUT2D eigenvalue weighted by Gasteiger charge is 2.18. The van der Waals surface area contributed by atoms with Gasteiger partial charge < -0.3 is 5.32 Å². The summed E-state index contributed by atoms with van der Waals surface area (Å²) >= 11 is 2.77. The minimum atomic E-state index is -0.167. The molecule has 1 N–H and O–H groups in total. The highest BCUT2D eigenvalue weighted by molar-refractivity contribution is 8.00. The highest BCUT2D eigenvalue weighted by atomic mass is 32.2. The molecule has 0 spiro atoms. The van der Waals surface area contributed by atoms with Crippen molar-refractivity contribution in [2.75, 3.05) is 11.1 Å². The quantitative estimate of drug-likeness (QED) is 0.440. The molecule has 3 heterocycles. The van der Waals surface area contributed by atoms with E-state index >= 15 is 0 Å². The molecular weight excluding hydrogens is 414 g/mol. The van der Waals surface area contributed by atoms with Gasteiger partial charge in [-0.2, -0.15) is 5.26 Å². The zero-order valence-electron chi connectivity index (χ0n) is 15.6. The molecule has 0 bridgehead atoms. The topological polar surface area (TPSA) is 91.6 Å². The highest BCUT2D eigenvalue weighted by Crippen LogP contribution is 2.35. The Morgan fingerprint density at radius 2 is 2.00 bits per heavy atom. The zero-order chi connectivity index (χ0) is 20.8. The number of carbonyl (C=O) groups excluding carboxylic acids is 1. The van der Waals surface area contributed by atoms with E-state index in [9.17, 15) is 10.1 Å². The van der Waals surface area contributed by atoms with Crippen LogP contribution >= 0.6 is 23.1 Å². The number of rotatable bonds is 6. The van der Waals surface area contributed by atoms with Crippen LogP contribution in [-0.2, 0) is 4.79 Å². The van der Waals surface area contributed by atoms with Crippen LogP contribution in [0.4, 0.5) is 5.69 Å². The molecule has 1 amide bonds. The third kappa shape index (κ3) is 4.54. The standard InChI is InChI=1S/C22H15N5OS2/c23-12-17-16(20-7-4-10-29-20)11-18(19-13-24-8-9-25-19)27-22(17)30-14-21(28)26-15-5-2-1-3-6-15/h1-11,13H,14H2,(H,26,28). The molecular formula is C22H15N5OS2. The third-order valence-corrected chi connectivity index (χ3v) is 5.99. The minimum Gasteiger partial charge on any atom is -0.325 e. The van der Waals surface area contributed by atoms with Crippen LogP contribution < -0.4 is 5.32 Å². The van der Waals surface area contributed by atoms with Gasteiger partial charge in [0.1, 0.15) is 16.8 Å². The van der Waals surface area contributed by atoms with Crippen molar-refractivity contribution in [2.45, 2.75) is 5.03 Å². The van der Waals surface area contributed by atoms with Gasteiger partial charge in [0, 0.05) is 28.5 Å². The van der Waals surface area contributed by atoms with Crippen molar-refractivity contribution in [2.24, 2.45) is 0 Å². The fourth-order valence-corrected chi connectivity index (χ4v) is 4.33. The molecule has 0 unspecified atom stereocenters. The average Bonchev–Trinajstić information content (AvgIpc) is 3.33. The Hall–Kier alpha value is -3.54.